The van der Waals surface area contributed by atoms with Gasteiger partial charge in [-0.25, -0.2) is 0 Å². The van der Waals surface area contributed by atoms with Crippen molar-refractivity contribution in [3.8, 4) is 0 Å². The van der Waals surface area contributed by atoms with E-state index < -0.39 is 6.10 Å². The highest BCUT2D eigenvalue weighted by Crippen LogP contribution is 2.15. The molecule has 6 heteroatoms. The van der Waals surface area contributed by atoms with Crippen LogP contribution in [0.1, 0.15) is 226 Å². The van der Waals surface area contributed by atoms with Crippen molar-refractivity contribution < 1.29 is 28.6 Å². The lowest BCUT2D eigenvalue weighted by Gasteiger charge is -2.18. The predicted octanol–water partition coefficient (Wildman–Crippen LogP) is 17.0. The summed E-state index contributed by atoms with van der Waals surface area (Å²) in [7, 11) is 0. The third-order valence-corrected chi connectivity index (χ3v) is 10.7. The molecular formula is C57H94O6. The molecule has 0 aliphatic heterocycles. The highest BCUT2D eigenvalue weighted by atomic mass is 16.6. The number of carbonyl (C=O) groups is 3. The first-order valence-electron chi connectivity index (χ1n) is 25.8. The van der Waals surface area contributed by atoms with Gasteiger partial charge in [-0.15, -0.1) is 0 Å². The van der Waals surface area contributed by atoms with Gasteiger partial charge < -0.3 is 14.2 Å². The molecule has 0 aromatic carbocycles. The minimum atomic E-state index is -0.802. The summed E-state index contributed by atoms with van der Waals surface area (Å²) >= 11 is 0. The van der Waals surface area contributed by atoms with Crippen LogP contribution in [0.25, 0.3) is 0 Å². The fourth-order valence-electron chi connectivity index (χ4n) is 6.84. The molecule has 0 saturated carbocycles. The Morgan fingerprint density at radius 2 is 0.714 bits per heavy atom. The lowest BCUT2D eigenvalue weighted by atomic mass is 10.0. The Bertz CT molecular complexity index is 1280. The summed E-state index contributed by atoms with van der Waals surface area (Å²) in [5, 5.41) is 0. The van der Waals surface area contributed by atoms with Crippen LogP contribution in [-0.2, 0) is 28.6 Å². The Morgan fingerprint density at radius 1 is 0.349 bits per heavy atom. The predicted molar refractivity (Wildman–Crippen MR) is 270 cm³/mol. The summed E-state index contributed by atoms with van der Waals surface area (Å²) in [6.45, 7) is 6.37. The van der Waals surface area contributed by atoms with Crippen LogP contribution < -0.4 is 0 Å². The Morgan fingerprint density at radius 3 is 1.21 bits per heavy atom. The zero-order valence-corrected chi connectivity index (χ0v) is 40.8. The molecule has 0 amide bonds. The number of esters is 3. The zero-order chi connectivity index (χ0) is 45.8. The molecule has 63 heavy (non-hydrogen) atoms. The Balaban J connectivity index is 4.47. The minimum Gasteiger partial charge on any atom is -0.462 e. The van der Waals surface area contributed by atoms with E-state index >= 15 is 0 Å². The fourth-order valence-corrected chi connectivity index (χ4v) is 6.84. The van der Waals surface area contributed by atoms with E-state index in [2.05, 4.69) is 93.7 Å². The van der Waals surface area contributed by atoms with E-state index in [1.807, 2.05) is 24.3 Å². The van der Waals surface area contributed by atoms with E-state index in [-0.39, 0.29) is 31.1 Å². The van der Waals surface area contributed by atoms with Gasteiger partial charge in [-0.1, -0.05) is 234 Å². The molecule has 0 N–H and O–H groups in total. The van der Waals surface area contributed by atoms with Crippen LogP contribution in [0.2, 0.25) is 0 Å². The molecule has 0 saturated heterocycles. The van der Waals surface area contributed by atoms with Gasteiger partial charge in [-0.3, -0.25) is 14.4 Å². The highest BCUT2D eigenvalue weighted by Gasteiger charge is 2.19. The molecule has 0 bridgehead atoms. The van der Waals surface area contributed by atoms with Crippen molar-refractivity contribution in [3.63, 3.8) is 0 Å². The summed E-state index contributed by atoms with van der Waals surface area (Å²) in [6.07, 6.45) is 66.7. The molecule has 1 unspecified atom stereocenters. The number of ether oxygens (including phenoxy) is 3. The largest absolute Gasteiger partial charge is 0.462 e. The maximum absolute atomic E-state index is 12.8. The smallest absolute Gasteiger partial charge is 0.306 e. The van der Waals surface area contributed by atoms with Gasteiger partial charge in [0, 0.05) is 19.3 Å². The average Bonchev–Trinajstić information content (AvgIpc) is 3.28. The maximum atomic E-state index is 12.8. The third-order valence-electron chi connectivity index (χ3n) is 10.7. The van der Waals surface area contributed by atoms with Gasteiger partial charge in [0.25, 0.3) is 0 Å². The number of carbonyl (C=O) groups excluding carboxylic acids is 3. The minimum absolute atomic E-state index is 0.103. The SMILES string of the molecule is CC/C=C\C/C=C\C/C=C\CCCCC(=O)OCC(COC(=O)CCCCCCC\C=C/C=C\C=C/C=C\C=C/CCC)OC(=O)CCCCCCCCCCCCCCCCC. The van der Waals surface area contributed by atoms with E-state index in [9.17, 15) is 14.4 Å². The van der Waals surface area contributed by atoms with Crippen LogP contribution in [0.15, 0.2) is 97.2 Å². The van der Waals surface area contributed by atoms with Crippen molar-refractivity contribution in [1.29, 1.82) is 0 Å². The van der Waals surface area contributed by atoms with Gasteiger partial charge in [-0.2, -0.15) is 0 Å². The lowest BCUT2D eigenvalue weighted by Crippen LogP contribution is -2.30. The Kier molecular flexibility index (Phi) is 48.0. The van der Waals surface area contributed by atoms with Crippen LogP contribution in [0, 0.1) is 0 Å². The molecule has 0 aliphatic carbocycles. The Hall–Kier alpha value is -3.67. The van der Waals surface area contributed by atoms with Gasteiger partial charge >= 0.3 is 17.9 Å². The van der Waals surface area contributed by atoms with E-state index in [4.69, 9.17) is 14.2 Å². The van der Waals surface area contributed by atoms with Gasteiger partial charge in [-0.05, 0) is 70.6 Å². The number of hydrogen-bond donors (Lipinski definition) is 0. The lowest BCUT2D eigenvalue weighted by molar-refractivity contribution is -0.167. The molecule has 0 radical (unpaired) electrons. The topological polar surface area (TPSA) is 78.9 Å². The summed E-state index contributed by atoms with van der Waals surface area (Å²) in [5.74, 6) is -0.966. The molecular weight excluding hydrogens is 781 g/mol. The van der Waals surface area contributed by atoms with E-state index in [1.54, 1.807) is 0 Å². The molecule has 0 heterocycles. The first kappa shape index (κ1) is 59.3. The summed E-state index contributed by atoms with van der Waals surface area (Å²) in [6, 6.07) is 0. The van der Waals surface area contributed by atoms with E-state index in [1.165, 1.54) is 83.5 Å². The number of unbranched alkanes of at least 4 members (excludes halogenated alkanes) is 22. The summed E-state index contributed by atoms with van der Waals surface area (Å²) in [4.78, 5) is 38.0. The summed E-state index contributed by atoms with van der Waals surface area (Å²) in [5.41, 5.74) is 0. The fraction of sp³-hybridized carbons (Fsp3) is 0.667. The zero-order valence-electron chi connectivity index (χ0n) is 40.8. The molecule has 0 aliphatic rings. The van der Waals surface area contributed by atoms with Crippen LogP contribution in [0.3, 0.4) is 0 Å². The Labute approximate surface area is 387 Å². The van der Waals surface area contributed by atoms with Crippen molar-refractivity contribution >= 4 is 17.9 Å². The first-order valence-corrected chi connectivity index (χ1v) is 25.8. The van der Waals surface area contributed by atoms with Crippen molar-refractivity contribution in [2.75, 3.05) is 13.2 Å². The van der Waals surface area contributed by atoms with Gasteiger partial charge in [0.2, 0.25) is 0 Å². The number of allylic oxidation sites excluding steroid dienone is 16. The molecule has 0 spiro atoms. The van der Waals surface area contributed by atoms with E-state index in [0.717, 1.165) is 103 Å². The molecule has 0 rings (SSSR count). The highest BCUT2D eigenvalue weighted by molar-refractivity contribution is 5.71. The van der Waals surface area contributed by atoms with E-state index in [0.29, 0.717) is 19.3 Å². The van der Waals surface area contributed by atoms with Crippen molar-refractivity contribution in [2.24, 2.45) is 0 Å². The second-order valence-corrected chi connectivity index (χ2v) is 16.8. The third kappa shape index (κ3) is 49.2. The van der Waals surface area contributed by atoms with Gasteiger partial charge in [0.05, 0.1) is 0 Å². The second-order valence-electron chi connectivity index (χ2n) is 16.8. The van der Waals surface area contributed by atoms with Gasteiger partial charge in [0.1, 0.15) is 13.2 Å². The quantitative estimate of drug-likeness (QED) is 0.0199. The number of rotatable bonds is 45. The van der Waals surface area contributed by atoms with Crippen LogP contribution >= 0.6 is 0 Å². The number of hydrogen-bond acceptors (Lipinski definition) is 6. The molecule has 358 valence electrons. The molecule has 6 nitrogen and oxygen atoms in total. The van der Waals surface area contributed by atoms with Crippen molar-refractivity contribution in [3.05, 3.63) is 97.2 Å². The normalized spacial score (nSPS) is 12.9. The van der Waals surface area contributed by atoms with Gasteiger partial charge in [0.15, 0.2) is 6.10 Å². The first-order chi connectivity index (χ1) is 31.0. The van der Waals surface area contributed by atoms with Crippen LogP contribution in [-0.4, -0.2) is 37.2 Å². The molecule has 0 aromatic rings. The standard InChI is InChI=1S/C57H94O6/c1-4-7-10-13-16-19-22-25-27-28-29-31-32-35-38-41-44-47-50-56(59)62-53-54(52-61-55(58)49-46-43-40-37-34-24-21-18-15-12-9-6-3)63-57(60)51-48-45-42-39-36-33-30-26-23-20-17-14-11-8-5-2/h9-10,12-13,16,18-19,21-22,25,27-29,31,34,37,54H,4-8,11,14-15,17,20,23-24,26,30,32-33,35-36,38-53H2,1-3H3/b12-9-,13-10-,19-16-,21-18-,25-22-,28-27-,31-29-,37-34-. The van der Waals surface area contributed by atoms with Crippen molar-refractivity contribution in [2.45, 2.75) is 232 Å². The van der Waals surface area contributed by atoms with Crippen molar-refractivity contribution in [1.82, 2.24) is 0 Å². The monoisotopic (exact) mass is 875 g/mol. The maximum Gasteiger partial charge on any atom is 0.306 e. The molecule has 0 aromatic heterocycles. The van der Waals surface area contributed by atoms with Crippen LogP contribution in [0.4, 0.5) is 0 Å². The molecule has 1 atom stereocenters. The average molecular weight is 875 g/mol. The summed E-state index contributed by atoms with van der Waals surface area (Å²) < 4.78 is 16.7. The second kappa shape index (κ2) is 51.0. The molecule has 0 fully saturated rings. The van der Waals surface area contributed by atoms with Crippen LogP contribution in [0.5, 0.6) is 0 Å².